The van der Waals surface area contributed by atoms with Gasteiger partial charge in [-0.2, -0.15) is 0 Å². The Labute approximate surface area is 126 Å². The molecule has 0 heterocycles. The molecule has 0 radical (unpaired) electrons. The summed E-state index contributed by atoms with van der Waals surface area (Å²) in [5.41, 5.74) is 3.36. The van der Waals surface area contributed by atoms with Crippen LogP contribution in [0.25, 0.3) is 0 Å². The van der Waals surface area contributed by atoms with E-state index in [1.807, 2.05) is 42.5 Å². The first-order valence-electron chi connectivity index (χ1n) is 7.29. The van der Waals surface area contributed by atoms with Crippen LogP contribution in [0.2, 0.25) is 0 Å². The van der Waals surface area contributed by atoms with Crippen LogP contribution < -0.4 is 10.6 Å². The van der Waals surface area contributed by atoms with Crippen molar-refractivity contribution in [1.82, 2.24) is 5.32 Å². The molecule has 2 N–H and O–H groups in total. The molecule has 0 saturated carbocycles. The molecule has 2 aromatic carbocycles. The summed E-state index contributed by atoms with van der Waals surface area (Å²) in [7, 11) is 0. The van der Waals surface area contributed by atoms with Crippen LogP contribution >= 0.6 is 0 Å². The van der Waals surface area contributed by atoms with E-state index < -0.39 is 0 Å². The van der Waals surface area contributed by atoms with Gasteiger partial charge in [0.15, 0.2) is 0 Å². The topological polar surface area (TPSA) is 41.1 Å². The first-order chi connectivity index (χ1) is 10.1. The van der Waals surface area contributed by atoms with E-state index in [9.17, 15) is 4.79 Å². The second-order valence-corrected chi connectivity index (χ2v) is 5.40. The first-order valence-corrected chi connectivity index (χ1v) is 7.29. The van der Waals surface area contributed by atoms with E-state index in [1.165, 1.54) is 5.56 Å². The van der Waals surface area contributed by atoms with Gasteiger partial charge in [-0.05, 0) is 29.2 Å². The predicted molar refractivity (Wildman–Crippen MR) is 87.3 cm³/mol. The second-order valence-electron chi connectivity index (χ2n) is 5.40. The van der Waals surface area contributed by atoms with E-state index in [-0.39, 0.29) is 12.5 Å². The summed E-state index contributed by atoms with van der Waals surface area (Å²) in [4.78, 5) is 11.8. The number of anilines is 1. The maximum Gasteiger partial charge on any atom is 0.239 e. The lowest BCUT2D eigenvalue weighted by molar-refractivity contribution is -0.119. The Morgan fingerprint density at radius 2 is 1.81 bits per heavy atom. The monoisotopic (exact) mass is 282 g/mol. The highest BCUT2D eigenvalue weighted by Crippen LogP contribution is 2.18. The van der Waals surface area contributed by atoms with Crippen molar-refractivity contribution >= 4 is 11.6 Å². The molecule has 0 saturated heterocycles. The Balaban J connectivity index is 1.80. The van der Waals surface area contributed by atoms with Crippen LogP contribution in [0.3, 0.4) is 0 Å². The van der Waals surface area contributed by atoms with E-state index in [1.54, 1.807) is 0 Å². The van der Waals surface area contributed by atoms with Crippen molar-refractivity contribution in [3.63, 3.8) is 0 Å². The van der Waals surface area contributed by atoms with Gasteiger partial charge in [0, 0.05) is 12.2 Å². The van der Waals surface area contributed by atoms with Gasteiger partial charge >= 0.3 is 0 Å². The molecule has 0 bridgehead atoms. The van der Waals surface area contributed by atoms with Crippen molar-refractivity contribution in [2.75, 3.05) is 11.9 Å². The summed E-state index contributed by atoms with van der Waals surface area (Å²) in [6.07, 6.45) is 0. The largest absolute Gasteiger partial charge is 0.376 e. The smallest absolute Gasteiger partial charge is 0.239 e. The van der Waals surface area contributed by atoms with Gasteiger partial charge in [0.05, 0.1) is 6.54 Å². The SMILES string of the molecule is CC(C)c1cccc(NCC(=O)NCc2ccccc2)c1. The molecule has 110 valence electrons. The zero-order chi connectivity index (χ0) is 15.1. The molecule has 21 heavy (non-hydrogen) atoms. The molecule has 1 amide bonds. The summed E-state index contributed by atoms with van der Waals surface area (Å²) in [6.45, 7) is 5.17. The van der Waals surface area contributed by atoms with Gasteiger partial charge < -0.3 is 10.6 Å². The van der Waals surface area contributed by atoms with Crippen LogP contribution in [0, 0.1) is 0 Å². The molecule has 0 atom stereocenters. The molecule has 0 aromatic heterocycles. The number of rotatable bonds is 6. The maximum atomic E-state index is 11.8. The Kier molecular flexibility index (Phi) is 5.38. The summed E-state index contributed by atoms with van der Waals surface area (Å²) in [6, 6.07) is 18.1. The quantitative estimate of drug-likeness (QED) is 0.851. The Bertz CT molecular complexity index is 579. The molecule has 3 heteroatoms. The van der Waals surface area contributed by atoms with Crippen molar-refractivity contribution < 1.29 is 4.79 Å². The Hall–Kier alpha value is -2.29. The fourth-order valence-electron chi connectivity index (χ4n) is 2.05. The molecule has 3 nitrogen and oxygen atoms in total. The Morgan fingerprint density at radius 3 is 2.52 bits per heavy atom. The van der Waals surface area contributed by atoms with Crippen LogP contribution in [-0.4, -0.2) is 12.5 Å². The number of nitrogens with one attached hydrogen (secondary N) is 2. The third-order valence-corrected chi connectivity index (χ3v) is 3.34. The van der Waals surface area contributed by atoms with Crippen molar-refractivity contribution in [2.45, 2.75) is 26.3 Å². The van der Waals surface area contributed by atoms with Crippen LogP contribution in [0.5, 0.6) is 0 Å². The molecular formula is C18H22N2O. The number of benzene rings is 2. The number of carbonyl (C=O) groups excluding carboxylic acids is 1. The van der Waals surface area contributed by atoms with Gasteiger partial charge in [0.1, 0.15) is 0 Å². The third-order valence-electron chi connectivity index (χ3n) is 3.34. The minimum absolute atomic E-state index is 0.00574. The lowest BCUT2D eigenvalue weighted by Crippen LogP contribution is -2.29. The van der Waals surface area contributed by atoms with E-state index in [0.29, 0.717) is 12.5 Å². The van der Waals surface area contributed by atoms with Gasteiger partial charge in [-0.15, -0.1) is 0 Å². The summed E-state index contributed by atoms with van der Waals surface area (Å²) >= 11 is 0. The van der Waals surface area contributed by atoms with E-state index in [2.05, 4.69) is 36.6 Å². The van der Waals surface area contributed by atoms with Crippen molar-refractivity contribution in [2.24, 2.45) is 0 Å². The highest BCUT2D eigenvalue weighted by atomic mass is 16.1. The molecule has 0 aliphatic rings. The molecule has 0 aliphatic carbocycles. The van der Waals surface area contributed by atoms with Crippen molar-refractivity contribution in [3.8, 4) is 0 Å². The van der Waals surface area contributed by atoms with Gasteiger partial charge in [0.2, 0.25) is 5.91 Å². The molecule has 2 rings (SSSR count). The van der Waals surface area contributed by atoms with E-state index in [4.69, 9.17) is 0 Å². The lowest BCUT2D eigenvalue weighted by atomic mass is 10.0. The fraction of sp³-hybridized carbons (Fsp3) is 0.278. The van der Waals surface area contributed by atoms with Crippen LogP contribution in [0.4, 0.5) is 5.69 Å². The number of carbonyl (C=O) groups is 1. The highest BCUT2D eigenvalue weighted by Gasteiger charge is 2.03. The number of hydrogen-bond acceptors (Lipinski definition) is 2. The Morgan fingerprint density at radius 1 is 1.05 bits per heavy atom. The molecular weight excluding hydrogens is 260 g/mol. The van der Waals surface area contributed by atoms with Crippen molar-refractivity contribution in [1.29, 1.82) is 0 Å². The van der Waals surface area contributed by atoms with Gasteiger partial charge in [-0.3, -0.25) is 4.79 Å². The summed E-state index contributed by atoms with van der Waals surface area (Å²) in [5, 5.41) is 6.07. The van der Waals surface area contributed by atoms with Crippen LogP contribution in [0.1, 0.15) is 30.9 Å². The standard InChI is InChI=1S/C18H22N2O/c1-14(2)16-9-6-10-17(11-16)19-13-18(21)20-12-15-7-4-3-5-8-15/h3-11,14,19H,12-13H2,1-2H3,(H,20,21). The third kappa shape index (κ3) is 4.95. The van der Waals surface area contributed by atoms with E-state index in [0.717, 1.165) is 11.3 Å². The summed E-state index contributed by atoms with van der Waals surface area (Å²) in [5.74, 6) is 0.479. The number of hydrogen-bond donors (Lipinski definition) is 2. The molecule has 2 aromatic rings. The zero-order valence-electron chi connectivity index (χ0n) is 12.6. The van der Waals surface area contributed by atoms with Crippen LogP contribution in [-0.2, 0) is 11.3 Å². The normalized spacial score (nSPS) is 10.4. The van der Waals surface area contributed by atoms with Gasteiger partial charge in [0.25, 0.3) is 0 Å². The van der Waals surface area contributed by atoms with E-state index >= 15 is 0 Å². The zero-order valence-corrected chi connectivity index (χ0v) is 12.6. The first kappa shape index (κ1) is 15.1. The molecule has 0 aliphatic heterocycles. The average molecular weight is 282 g/mol. The average Bonchev–Trinajstić information content (AvgIpc) is 2.52. The minimum Gasteiger partial charge on any atom is -0.376 e. The molecule has 0 unspecified atom stereocenters. The highest BCUT2D eigenvalue weighted by molar-refractivity contribution is 5.80. The van der Waals surface area contributed by atoms with Gasteiger partial charge in [-0.25, -0.2) is 0 Å². The van der Waals surface area contributed by atoms with Crippen LogP contribution in [0.15, 0.2) is 54.6 Å². The second kappa shape index (κ2) is 7.48. The minimum atomic E-state index is -0.00574. The maximum absolute atomic E-state index is 11.8. The molecule has 0 spiro atoms. The predicted octanol–water partition coefficient (Wildman–Crippen LogP) is 3.54. The van der Waals surface area contributed by atoms with Gasteiger partial charge in [-0.1, -0.05) is 56.3 Å². The molecule has 0 fully saturated rings. The lowest BCUT2D eigenvalue weighted by Gasteiger charge is -2.10. The number of amides is 1. The summed E-state index contributed by atoms with van der Waals surface area (Å²) < 4.78 is 0. The van der Waals surface area contributed by atoms with Crippen molar-refractivity contribution in [3.05, 3.63) is 65.7 Å². The fourth-order valence-corrected chi connectivity index (χ4v) is 2.05.